The molecule has 1 aromatic heterocycles. The number of para-hydroxylation sites is 1. The maximum atomic E-state index is 12.0. The minimum absolute atomic E-state index is 0.00935. The van der Waals surface area contributed by atoms with Gasteiger partial charge in [0.1, 0.15) is 6.26 Å². The van der Waals surface area contributed by atoms with Crippen LogP contribution >= 0.6 is 0 Å². The Morgan fingerprint density at radius 2 is 2.05 bits per heavy atom. The topological polar surface area (TPSA) is 79.5 Å². The average Bonchev–Trinajstić information content (AvgIpc) is 2.50. The van der Waals surface area contributed by atoms with E-state index in [4.69, 9.17) is 5.11 Å². The number of benzene rings is 1. The smallest absolute Gasteiger partial charge is 0.335 e. The summed E-state index contributed by atoms with van der Waals surface area (Å²) in [6.07, 6.45) is 1.48. The predicted octanol–water partition coefficient (Wildman–Crippen LogP) is 1.63. The highest BCUT2D eigenvalue weighted by atomic mass is 16.4. The molecule has 0 radical (unpaired) electrons. The number of carbonyl (C=O) groups is 1. The highest BCUT2D eigenvalue weighted by molar-refractivity contribution is 6.04. The van der Waals surface area contributed by atoms with Crippen LogP contribution in [0.4, 0.5) is 5.69 Å². The Morgan fingerprint density at radius 1 is 1.24 bits per heavy atom. The van der Waals surface area contributed by atoms with Gasteiger partial charge in [-0.25, -0.2) is 4.79 Å². The summed E-state index contributed by atoms with van der Waals surface area (Å²) in [5.74, 6) is 5.29. The van der Waals surface area contributed by atoms with E-state index in [9.17, 15) is 9.59 Å². The molecule has 0 saturated heterocycles. The first-order chi connectivity index (χ1) is 10.2. The molecule has 2 aromatic rings. The molecule has 5 heteroatoms. The molecule has 0 spiro atoms. The molecule has 1 aromatic carbocycles. The van der Waals surface area contributed by atoms with Gasteiger partial charge in [0.2, 0.25) is 0 Å². The zero-order valence-corrected chi connectivity index (χ0v) is 11.1. The molecule has 0 atom stereocenters. The molecule has 0 aliphatic heterocycles. The van der Waals surface area contributed by atoms with Crippen molar-refractivity contribution >= 4 is 11.6 Å². The number of aliphatic hydroxyl groups excluding tert-OH is 1. The van der Waals surface area contributed by atoms with E-state index in [2.05, 4.69) is 21.6 Å². The molecule has 106 valence electrons. The van der Waals surface area contributed by atoms with Gasteiger partial charge in [-0.05, 0) is 18.2 Å². The Kier molecular flexibility index (Phi) is 4.91. The largest absolute Gasteiger partial charge is 0.430 e. The lowest BCUT2D eigenvalue weighted by Crippen LogP contribution is -2.13. The van der Waals surface area contributed by atoms with E-state index in [1.165, 1.54) is 12.1 Å². The van der Waals surface area contributed by atoms with E-state index in [0.717, 1.165) is 6.26 Å². The van der Waals surface area contributed by atoms with Crippen molar-refractivity contribution < 1.29 is 14.3 Å². The number of hydrogen-bond donors (Lipinski definition) is 2. The molecule has 0 fully saturated rings. The van der Waals surface area contributed by atoms with E-state index in [-0.39, 0.29) is 12.2 Å². The number of aliphatic hydroxyl groups is 1. The second-order valence-electron chi connectivity index (χ2n) is 4.12. The van der Waals surface area contributed by atoms with Crippen LogP contribution in [0.2, 0.25) is 0 Å². The van der Waals surface area contributed by atoms with Gasteiger partial charge >= 0.3 is 5.63 Å². The van der Waals surface area contributed by atoms with Crippen LogP contribution in [-0.2, 0) is 0 Å². The van der Waals surface area contributed by atoms with E-state index in [1.54, 1.807) is 24.3 Å². The summed E-state index contributed by atoms with van der Waals surface area (Å²) < 4.78 is 4.65. The molecule has 0 unspecified atom stereocenters. The number of hydrogen-bond acceptors (Lipinski definition) is 4. The normalized spacial score (nSPS) is 9.57. The maximum Gasteiger partial charge on any atom is 0.335 e. The third-order valence-electron chi connectivity index (χ3n) is 2.60. The predicted molar refractivity (Wildman–Crippen MR) is 78.0 cm³/mol. The zero-order chi connectivity index (χ0) is 15.1. The van der Waals surface area contributed by atoms with Crippen molar-refractivity contribution in [2.45, 2.75) is 6.42 Å². The third-order valence-corrected chi connectivity index (χ3v) is 2.60. The summed E-state index contributed by atoms with van der Waals surface area (Å²) in [5.41, 5.74) is 0.936. The molecular formula is C16H13NO4. The quantitative estimate of drug-likeness (QED) is 0.839. The lowest BCUT2D eigenvalue weighted by atomic mass is 10.1. The molecule has 0 bridgehead atoms. The van der Waals surface area contributed by atoms with Crippen LogP contribution in [0.3, 0.4) is 0 Å². The molecule has 1 amide bonds. The van der Waals surface area contributed by atoms with Crippen molar-refractivity contribution in [1.82, 2.24) is 0 Å². The summed E-state index contributed by atoms with van der Waals surface area (Å²) in [6.45, 7) is -0.00935. The SMILES string of the molecule is O=C(Nc1ccccc1C#CCCO)c1ccc(=O)oc1. The Balaban J connectivity index is 2.20. The van der Waals surface area contributed by atoms with Crippen LogP contribution in [0.5, 0.6) is 0 Å². The Morgan fingerprint density at radius 3 is 2.76 bits per heavy atom. The monoisotopic (exact) mass is 283 g/mol. The molecule has 0 saturated carbocycles. The van der Waals surface area contributed by atoms with Crippen molar-refractivity contribution in [3.63, 3.8) is 0 Å². The molecule has 2 N–H and O–H groups in total. The van der Waals surface area contributed by atoms with Crippen molar-refractivity contribution in [2.75, 3.05) is 11.9 Å². The Bertz CT molecular complexity index is 732. The van der Waals surface area contributed by atoms with Gasteiger partial charge in [0.15, 0.2) is 0 Å². The van der Waals surface area contributed by atoms with Crippen LogP contribution in [0.15, 0.2) is 51.9 Å². The highest BCUT2D eigenvalue weighted by Crippen LogP contribution is 2.15. The van der Waals surface area contributed by atoms with Gasteiger partial charge in [-0.1, -0.05) is 24.0 Å². The maximum absolute atomic E-state index is 12.0. The zero-order valence-electron chi connectivity index (χ0n) is 11.1. The van der Waals surface area contributed by atoms with Crippen LogP contribution < -0.4 is 10.9 Å². The number of carbonyl (C=O) groups excluding carboxylic acids is 1. The fourth-order valence-electron chi connectivity index (χ4n) is 1.60. The molecule has 21 heavy (non-hydrogen) atoms. The fourth-order valence-corrected chi connectivity index (χ4v) is 1.60. The minimum Gasteiger partial charge on any atom is -0.430 e. The van der Waals surface area contributed by atoms with Crippen molar-refractivity contribution in [2.24, 2.45) is 0 Å². The minimum atomic E-state index is -0.512. The van der Waals surface area contributed by atoms with Crippen LogP contribution in [0.1, 0.15) is 22.3 Å². The van der Waals surface area contributed by atoms with Gasteiger partial charge in [-0.3, -0.25) is 4.79 Å². The van der Waals surface area contributed by atoms with Gasteiger partial charge in [0.05, 0.1) is 17.9 Å². The van der Waals surface area contributed by atoms with Crippen molar-refractivity contribution in [3.05, 3.63) is 64.2 Å². The van der Waals surface area contributed by atoms with Crippen molar-refractivity contribution in [1.29, 1.82) is 0 Å². The molecule has 0 aliphatic carbocycles. The van der Waals surface area contributed by atoms with Gasteiger partial charge in [-0.15, -0.1) is 0 Å². The van der Waals surface area contributed by atoms with E-state index in [0.29, 0.717) is 17.7 Å². The van der Waals surface area contributed by atoms with Crippen LogP contribution in [-0.4, -0.2) is 17.6 Å². The summed E-state index contributed by atoms with van der Waals surface area (Å²) in [5, 5.41) is 11.4. The van der Waals surface area contributed by atoms with Gasteiger partial charge in [0.25, 0.3) is 5.91 Å². The van der Waals surface area contributed by atoms with Gasteiger partial charge in [-0.2, -0.15) is 0 Å². The van der Waals surface area contributed by atoms with E-state index < -0.39 is 11.5 Å². The van der Waals surface area contributed by atoms with Crippen LogP contribution in [0.25, 0.3) is 0 Å². The fraction of sp³-hybridized carbons (Fsp3) is 0.125. The lowest BCUT2D eigenvalue weighted by molar-refractivity contribution is 0.102. The average molecular weight is 283 g/mol. The Labute approximate surface area is 121 Å². The second kappa shape index (κ2) is 7.08. The van der Waals surface area contributed by atoms with E-state index in [1.807, 2.05) is 0 Å². The molecule has 1 heterocycles. The summed E-state index contributed by atoms with van der Waals surface area (Å²) in [7, 11) is 0. The second-order valence-corrected chi connectivity index (χ2v) is 4.12. The Hall–Kier alpha value is -2.84. The lowest BCUT2D eigenvalue weighted by Gasteiger charge is -2.06. The van der Waals surface area contributed by atoms with E-state index >= 15 is 0 Å². The summed E-state index contributed by atoms with van der Waals surface area (Å²) >= 11 is 0. The first kappa shape index (κ1) is 14.6. The standard InChI is InChI=1S/C16H13NO4/c18-10-4-3-6-12-5-1-2-7-14(12)17-16(20)13-8-9-15(19)21-11-13/h1-2,5,7-9,11,18H,4,10H2,(H,17,20). The number of nitrogens with one attached hydrogen (secondary N) is 1. The number of rotatable bonds is 3. The molecular weight excluding hydrogens is 270 g/mol. The first-order valence-corrected chi connectivity index (χ1v) is 6.29. The highest BCUT2D eigenvalue weighted by Gasteiger charge is 2.08. The summed E-state index contributed by atoms with van der Waals surface area (Å²) in [4.78, 5) is 22.9. The van der Waals surface area contributed by atoms with Gasteiger partial charge in [0, 0.05) is 18.1 Å². The third kappa shape index (κ3) is 4.06. The molecule has 5 nitrogen and oxygen atoms in total. The van der Waals surface area contributed by atoms with Crippen molar-refractivity contribution in [3.8, 4) is 11.8 Å². The van der Waals surface area contributed by atoms with Gasteiger partial charge < -0.3 is 14.8 Å². The first-order valence-electron chi connectivity index (χ1n) is 6.29. The summed E-state index contributed by atoms with van der Waals surface area (Å²) in [6, 6.07) is 9.65. The number of amides is 1. The van der Waals surface area contributed by atoms with Crippen LogP contribution in [0, 0.1) is 11.8 Å². The molecule has 0 aliphatic rings. The molecule has 2 rings (SSSR count). The number of anilines is 1.